The van der Waals surface area contributed by atoms with E-state index < -0.39 is 0 Å². The first-order chi connectivity index (χ1) is 16.0. The maximum atomic E-state index is 6.24. The number of hydrogen-bond acceptors (Lipinski definition) is 5. The summed E-state index contributed by atoms with van der Waals surface area (Å²) in [6, 6.07) is 18.6. The molecule has 0 saturated carbocycles. The SMILES string of the molecule is COc1ccc(-c2nn(-c3ccccc3)cc2C=NNc2c(Cl)cc(Cl)cc2Cl)cc1OC. The molecule has 0 radical (unpaired) electrons. The van der Waals surface area contributed by atoms with E-state index in [1.54, 1.807) is 37.2 Å². The molecule has 1 aromatic heterocycles. The lowest BCUT2D eigenvalue weighted by atomic mass is 10.1. The molecule has 0 aliphatic rings. The Morgan fingerprint density at radius 1 is 0.909 bits per heavy atom. The quantitative estimate of drug-likeness (QED) is 0.220. The molecule has 6 nitrogen and oxygen atoms in total. The number of para-hydroxylation sites is 1. The van der Waals surface area contributed by atoms with Crippen LogP contribution in [0.4, 0.5) is 5.69 Å². The third-order valence-electron chi connectivity index (χ3n) is 4.81. The third kappa shape index (κ3) is 5.09. The van der Waals surface area contributed by atoms with E-state index in [0.29, 0.717) is 37.9 Å². The Bertz CT molecular complexity index is 1280. The van der Waals surface area contributed by atoms with E-state index in [1.165, 1.54) is 0 Å². The average molecular weight is 502 g/mol. The van der Waals surface area contributed by atoms with Crippen LogP contribution in [0, 0.1) is 0 Å². The van der Waals surface area contributed by atoms with Gasteiger partial charge in [0.25, 0.3) is 0 Å². The van der Waals surface area contributed by atoms with E-state index in [9.17, 15) is 0 Å². The Morgan fingerprint density at radius 2 is 1.61 bits per heavy atom. The standard InChI is InChI=1S/C24H19Cl3N4O2/c1-32-21-9-8-15(10-22(21)33-2)23-16(14-31(30-23)18-6-4-3-5-7-18)13-28-29-24-19(26)11-17(25)12-20(24)27/h3-14,29H,1-2H3. The van der Waals surface area contributed by atoms with Crippen molar-refractivity contribution < 1.29 is 9.47 Å². The second-order valence-corrected chi connectivity index (χ2v) is 8.15. The normalized spacial score (nSPS) is 11.1. The van der Waals surface area contributed by atoms with Crippen LogP contribution in [-0.2, 0) is 0 Å². The highest BCUT2D eigenvalue weighted by Crippen LogP contribution is 2.35. The second kappa shape index (κ2) is 10.2. The lowest BCUT2D eigenvalue weighted by molar-refractivity contribution is 0.355. The number of methoxy groups -OCH3 is 2. The number of ether oxygens (including phenoxy) is 2. The summed E-state index contributed by atoms with van der Waals surface area (Å²) < 4.78 is 12.6. The summed E-state index contributed by atoms with van der Waals surface area (Å²) >= 11 is 18.5. The molecule has 0 aliphatic carbocycles. The van der Waals surface area contributed by atoms with E-state index in [0.717, 1.165) is 16.8 Å². The summed E-state index contributed by atoms with van der Waals surface area (Å²) in [4.78, 5) is 0. The predicted molar refractivity (Wildman–Crippen MR) is 135 cm³/mol. The Labute approximate surface area is 206 Å². The molecule has 4 aromatic rings. The first-order valence-corrected chi connectivity index (χ1v) is 10.9. The Balaban J connectivity index is 1.74. The summed E-state index contributed by atoms with van der Waals surface area (Å²) in [7, 11) is 3.19. The highest BCUT2D eigenvalue weighted by Gasteiger charge is 2.14. The topological polar surface area (TPSA) is 60.7 Å². The van der Waals surface area contributed by atoms with Crippen molar-refractivity contribution in [2.75, 3.05) is 19.6 Å². The van der Waals surface area contributed by atoms with Crippen molar-refractivity contribution in [1.29, 1.82) is 0 Å². The zero-order chi connectivity index (χ0) is 23.4. The van der Waals surface area contributed by atoms with Gasteiger partial charge < -0.3 is 9.47 Å². The van der Waals surface area contributed by atoms with Gasteiger partial charge in [-0.15, -0.1) is 0 Å². The maximum absolute atomic E-state index is 6.24. The molecular weight excluding hydrogens is 483 g/mol. The van der Waals surface area contributed by atoms with Crippen LogP contribution < -0.4 is 14.9 Å². The summed E-state index contributed by atoms with van der Waals surface area (Å²) in [5.41, 5.74) is 6.57. The molecule has 0 unspecified atom stereocenters. The summed E-state index contributed by atoms with van der Waals surface area (Å²) in [5.74, 6) is 1.23. The molecule has 0 saturated heterocycles. The molecule has 0 aliphatic heterocycles. The Morgan fingerprint density at radius 3 is 2.27 bits per heavy atom. The van der Waals surface area contributed by atoms with Crippen LogP contribution in [0.2, 0.25) is 15.1 Å². The van der Waals surface area contributed by atoms with E-state index in [-0.39, 0.29) is 0 Å². The summed E-state index contributed by atoms with van der Waals surface area (Å²) in [6.07, 6.45) is 3.54. The smallest absolute Gasteiger partial charge is 0.161 e. The molecule has 0 spiro atoms. The predicted octanol–water partition coefficient (Wildman–Crippen LogP) is 6.96. The van der Waals surface area contributed by atoms with Gasteiger partial charge in [-0.3, -0.25) is 5.43 Å². The number of hydrazone groups is 1. The molecular formula is C24H19Cl3N4O2. The minimum Gasteiger partial charge on any atom is -0.493 e. The molecule has 0 amide bonds. The molecule has 33 heavy (non-hydrogen) atoms. The number of benzene rings is 3. The highest BCUT2D eigenvalue weighted by molar-refractivity contribution is 6.41. The lowest BCUT2D eigenvalue weighted by Gasteiger charge is -2.09. The fourth-order valence-electron chi connectivity index (χ4n) is 3.22. The van der Waals surface area contributed by atoms with Gasteiger partial charge in [-0.2, -0.15) is 10.2 Å². The first-order valence-electron chi connectivity index (χ1n) is 9.81. The number of nitrogens with zero attached hydrogens (tertiary/aromatic N) is 3. The summed E-state index contributed by atoms with van der Waals surface area (Å²) in [5, 5.41) is 10.3. The first kappa shape index (κ1) is 23.0. The van der Waals surface area contributed by atoms with Crippen LogP contribution in [0.15, 0.2) is 72.0 Å². The van der Waals surface area contributed by atoms with E-state index in [2.05, 4.69) is 10.5 Å². The second-order valence-electron chi connectivity index (χ2n) is 6.90. The van der Waals surface area contributed by atoms with E-state index in [4.69, 9.17) is 49.4 Å². The van der Waals surface area contributed by atoms with Crippen molar-refractivity contribution in [2.24, 2.45) is 5.10 Å². The number of rotatable bonds is 7. The minimum atomic E-state index is 0.366. The van der Waals surface area contributed by atoms with Gasteiger partial charge in [0.15, 0.2) is 11.5 Å². The van der Waals surface area contributed by atoms with Crippen LogP contribution in [0.25, 0.3) is 16.9 Å². The van der Waals surface area contributed by atoms with Crippen LogP contribution in [-0.4, -0.2) is 30.2 Å². The molecule has 3 aromatic carbocycles. The fourth-order valence-corrected chi connectivity index (χ4v) is 4.12. The molecule has 1 N–H and O–H groups in total. The van der Waals surface area contributed by atoms with Gasteiger partial charge in [0, 0.05) is 22.3 Å². The van der Waals surface area contributed by atoms with Crippen LogP contribution in [0.5, 0.6) is 11.5 Å². The van der Waals surface area contributed by atoms with Crippen molar-refractivity contribution in [2.45, 2.75) is 0 Å². The van der Waals surface area contributed by atoms with E-state index >= 15 is 0 Å². The van der Waals surface area contributed by atoms with E-state index in [1.807, 2.05) is 54.7 Å². The zero-order valence-electron chi connectivity index (χ0n) is 17.7. The third-order valence-corrected chi connectivity index (χ3v) is 5.62. The van der Waals surface area contributed by atoms with Gasteiger partial charge in [-0.1, -0.05) is 53.0 Å². The van der Waals surface area contributed by atoms with Gasteiger partial charge in [-0.25, -0.2) is 4.68 Å². The molecule has 9 heteroatoms. The lowest BCUT2D eigenvalue weighted by Crippen LogP contribution is -1.95. The monoisotopic (exact) mass is 500 g/mol. The van der Waals surface area contributed by atoms with Gasteiger partial charge in [0.1, 0.15) is 5.69 Å². The van der Waals surface area contributed by atoms with Crippen LogP contribution in [0.3, 0.4) is 0 Å². The minimum absolute atomic E-state index is 0.366. The van der Waals surface area contributed by atoms with Crippen molar-refractivity contribution in [3.63, 3.8) is 0 Å². The molecule has 0 bridgehead atoms. The van der Waals surface area contributed by atoms with Crippen molar-refractivity contribution in [1.82, 2.24) is 9.78 Å². The Hall–Kier alpha value is -3.19. The molecule has 0 atom stereocenters. The molecule has 0 fully saturated rings. The largest absolute Gasteiger partial charge is 0.493 e. The summed E-state index contributed by atoms with van der Waals surface area (Å²) in [6.45, 7) is 0. The number of hydrogen-bond donors (Lipinski definition) is 1. The van der Waals surface area contributed by atoms with Crippen molar-refractivity contribution >= 4 is 46.7 Å². The van der Waals surface area contributed by atoms with Crippen molar-refractivity contribution in [3.05, 3.63) is 87.5 Å². The zero-order valence-corrected chi connectivity index (χ0v) is 20.0. The maximum Gasteiger partial charge on any atom is 0.161 e. The van der Waals surface area contributed by atoms with Gasteiger partial charge in [-0.05, 0) is 42.5 Å². The number of halogens is 3. The average Bonchev–Trinajstić information content (AvgIpc) is 3.25. The Kier molecular flexibility index (Phi) is 7.08. The van der Waals surface area contributed by atoms with Gasteiger partial charge in [0.2, 0.25) is 0 Å². The molecule has 168 valence electrons. The number of anilines is 1. The van der Waals surface area contributed by atoms with Crippen LogP contribution >= 0.6 is 34.8 Å². The van der Waals surface area contributed by atoms with Gasteiger partial charge >= 0.3 is 0 Å². The van der Waals surface area contributed by atoms with Gasteiger partial charge in [0.05, 0.1) is 41.9 Å². The highest BCUT2D eigenvalue weighted by atomic mass is 35.5. The molecule has 1 heterocycles. The van der Waals surface area contributed by atoms with Crippen molar-refractivity contribution in [3.8, 4) is 28.4 Å². The number of aromatic nitrogens is 2. The molecule has 4 rings (SSSR count). The van der Waals surface area contributed by atoms with Crippen LogP contribution in [0.1, 0.15) is 5.56 Å². The number of nitrogens with one attached hydrogen (secondary N) is 1. The fraction of sp³-hybridized carbons (Fsp3) is 0.0833.